The molecule has 3 heterocycles. The van der Waals surface area contributed by atoms with Gasteiger partial charge in [0.2, 0.25) is 0 Å². The van der Waals surface area contributed by atoms with Crippen LogP contribution >= 0.6 is 12.4 Å². The summed E-state index contributed by atoms with van der Waals surface area (Å²) in [4.78, 5) is 9.08. The van der Waals surface area contributed by atoms with Gasteiger partial charge in [-0.05, 0) is 44.0 Å². The zero-order valence-corrected chi connectivity index (χ0v) is 14.2. The molecular weight excluding hydrogens is 328 g/mol. The number of rotatable bonds is 3. The molecule has 0 saturated heterocycles. The molecule has 24 heavy (non-hydrogen) atoms. The summed E-state index contributed by atoms with van der Waals surface area (Å²) in [6, 6.07) is 7.53. The fraction of sp³-hybridized carbons (Fsp3) is 0.353. The van der Waals surface area contributed by atoms with Crippen LogP contribution in [0.5, 0.6) is 0 Å². The summed E-state index contributed by atoms with van der Waals surface area (Å²) < 4.78 is 10.8. The SMILES string of the molecule is Cc1nc(-c2ccco2)ccc1-c1nc(C2(N)CCCC2)no1.Cl. The minimum absolute atomic E-state index is 0. The van der Waals surface area contributed by atoms with Crippen molar-refractivity contribution in [1.29, 1.82) is 0 Å². The van der Waals surface area contributed by atoms with E-state index in [0.717, 1.165) is 48.4 Å². The summed E-state index contributed by atoms with van der Waals surface area (Å²) in [5.41, 5.74) is 8.35. The average molecular weight is 347 g/mol. The van der Waals surface area contributed by atoms with Gasteiger partial charge in [0.05, 0.1) is 23.1 Å². The van der Waals surface area contributed by atoms with Gasteiger partial charge in [0.15, 0.2) is 11.6 Å². The first kappa shape index (κ1) is 16.7. The second-order valence-corrected chi connectivity index (χ2v) is 6.09. The van der Waals surface area contributed by atoms with Gasteiger partial charge in [0, 0.05) is 0 Å². The van der Waals surface area contributed by atoms with Crippen molar-refractivity contribution < 1.29 is 8.94 Å². The first-order valence-electron chi connectivity index (χ1n) is 7.81. The average Bonchev–Trinajstić information content (AvgIpc) is 3.29. The maximum absolute atomic E-state index is 6.39. The van der Waals surface area contributed by atoms with Crippen molar-refractivity contribution in [2.24, 2.45) is 5.73 Å². The number of halogens is 1. The molecule has 1 aliphatic carbocycles. The molecule has 0 spiro atoms. The Hall–Kier alpha value is -2.18. The first-order valence-corrected chi connectivity index (χ1v) is 7.81. The molecule has 1 aliphatic rings. The Morgan fingerprint density at radius 3 is 2.58 bits per heavy atom. The molecule has 3 aromatic rings. The summed E-state index contributed by atoms with van der Waals surface area (Å²) in [5.74, 6) is 1.80. The van der Waals surface area contributed by atoms with Crippen LogP contribution in [0.25, 0.3) is 22.9 Å². The van der Waals surface area contributed by atoms with Crippen LogP contribution in [0.2, 0.25) is 0 Å². The van der Waals surface area contributed by atoms with Crippen molar-refractivity contribution >= 4 is 12.4 Å². The van der Waals surface area contributed by atoms with Crippen LogP contribution in [0.3, 0.4) is 0 Å². The number of pyridine rings is 1. The van der Waals surface area contributed by atoms with Crippen molar-refractivity contribution in [3.8, 4) is 22.9 Å². The van der Waals surface area contributed by atoms with Gasteiger partial charge in [-0.25, -0.2) is 4.98 Å². The Bertz CT molecular complexity index is 823. The molecule has 0 amide bonds. The lowest BCUT2D eigenvalue weighted by Gasteiger charge is -2.17. The molecule has 126 valence electrons. The molecule has 0 unspecified atom stereocenters. The standard InChI is InChI=1S/C17H18N4O2.ClH/c1-11-12(6-7-13(19-11)14-5-4-10-22-14)15-20-16(21-23-15)17(18)8-2-3-9-17;/h4-7,10H,2-3,8-9,18H2,1H3;1H. The van der Waals surface area contributed by atoms with Crippen LogP contribution in [-0.2, 0) is 5.54 Å². The van der Waals surface area contributed by atoms with Crippen LogP contribution in [0.15, 0.2) is 39.5 Å². The predicted molar refractivity (Wildman–Crippen MR) is 91.5 cm³/mol. The van der Waals surface area contributed by atoms with Gasteiger partial charge in [-0.3, -0.25) is 0 Å². The second kappa shape index (κ2) is 6.37. The number of furan rings is 1. The summed E-state index contributed by atoms with van der Waals surface area (Å²) in [6.45, 7) is 1.92. The van der Waals surface area contributed by atoms with Crippen LogP contribution < -0.4 is 5.73 Å². The monoisotopic (exact) mass is 346 g/mol. The van der Waals surface area contributed by atoms with Gasteiger partial charge in [-0.15, -0.1) is 12.4 Å². The van der Waals surface area contributed by atoms with Gasteiger partial charge >= 0.3 is 0 Å². The molecule has 0 bridgehead atoms. The van der Waals surface area contributed by atoms with Gasteiger partial charge in [0.25, 0.3) is 5.89 Å². The normalized spacial score (nSPS) is 16.1. The largest absolute Gasteiger partial charge is 0.463 e. The van der Waals surface area contributed by atoms with Crippen molar-refractivity contribution in [2.45, 2.75) is 38.1 Å². The van der Waals surface area contributed by atoms with E-state index in [1.165, 1.54) is 0 Å². The molecular formula is C17H19ClN4O2. The highest BCUT2D eigenvalue weighted by Crippen LogP contribution is 2.35. The zero-order chi connectivity index (χ0) is 15.9. The minimum atomic E-state index is -0.447. The quantitative estimate of drug-likeness (QED) is 0.774. The number of aryl methyl sites for hydroxylation is 1. The van der Waals surface area contributed by atoms with E-state index in [2.05, 4.69) is 15.1 Å². The van der Waals surface area contributed by atoms with Crippen molar-refractivity contribution in [3.63, 3.8) is 0 Å². The summed E-state index contributed by atoms with van der Waals surface area (Å²) in [5, 5.41) is 4.10. The third-order valence-corrected chi connectivity index (χ3v) is 4.46. The third kappa shape index (κ3) is 2.83. The molecule has 1 saturated carbocycles. The summed E-state index contributed by atoms with van der Waals surface area (Å²) in [7, 11) is 0. The minimum Gasteiger partial charge on any atom is -0.463 e. The maximum atomic E-state index is 6.39. The number of hydrogen-bond donors (Lipinski definition) is 1. The number of nitrogens with zero attached hydrogens (tertiary/aromatic N) is 3. The molecule has 0 aromatic carbocycles. The summed E-state index contributed by atoms with van der Waals surface area (Å²) in [6.07, 6.45) is 5.66. The Morgan fingerprint density at radius 1 is 1.12 bits per heavy atom. The third-order valence-electron chi connectivity index (χ3n) is 4.46. The lowest BCUT2D eigenvalue weighted by molar-refractivity contribution is 0.372. The number of nitrogens with two attached hydrogens (primary N) is 1. The molecule has 2 N–H and O–H groups in total. The van der Waals surface area contributed by atoms with Gasteiger partial charge in [0.1, 0.15) is 5.69 Å². The highest BCUT2D eigenvalue weighted by Gasteiger charge is 2.36. The van der Waals surface area contributed by atoms with E-state index in [1.807, 2.05) is 31.2 Å². The number of aromatic nitrogens is 3. The summed E-state index contributed by atoms with van der Waals surface area (Å²) >= 11 is 0. The van der Waals surface area contributed by atoms with Crippen LogP contribution in [-0.4, -0.2) is 15.1 Å². The lowest BCUT2D eigenvalue weighted by atomic mass is 9.98. The van der Waals surface area contributed by atoms with Crippen LogP contribution in [0.4, 0.5) is 0 Å². The van der Waals surface area contributed by atoms with E-state index in [9.17, 15) is 0 Å². The lowest BCUT2D eigenvalue weighted by Crippen LogP contribution is -2.34. The van der Waals surface area contributed by atoms with E-state index in [1.54, 1.807) is 6.26 Å². The first-order chi connectivity index (χ1) is 11.2. The molecule has 6 nitrogen and oxygen atoms in total. The fourth-order valence-electron chi connectivity index (χ4n) is 3.11. The topological polar surface area (TPSA) is 91.0 Å². The molecule has 0 atom stereocenters. The van der Waals surface area contributed by atoms with Crippen LogP contribution in [0, 0.1) is 6.92 Å². The highest BCUT2D eigenvalue weighted by molar-refractivity contribution is 5.85. The fourth-order valence-corrected chi connectivity index (χ4v) is 3.11. The Kier molecular flexibility index (Phi) is 4.43. The Labute approximate surface area is 145 Å². The molecule has 0 aliphatic heterocycles. The van der Waals surface area contributed by atoms with Crippen molar-refractivity contribution in [3.05, 3.63) is 42.0 Å². The molecule has 4 rings (SSSR count). The highest BCUT2D eigenvalue weighted by atomic mass is 35.5. The maximum Gasteiger partial charge on any atom is 0.259 e. The van der Waals surface area contributed by atoms with Crippen molar-refractivity contribution in [1.82, 2.24) is 15.1 Å². The zero-order valence-electron chi connectivity index (χ0n) is 13.4. The predicted octanol–water partition coefficient (Wildman–Crippen LogP) is 3.85. The Balaban J connectivity index is 0.00000169. The van der Waals surface area contributed by atoms with Gasteiger partial charge < -0.3 is 14.7 Å². The molecule has 0 radical (unpaired) electrons. The van der Waals surface area contributed by atoms with Crippen molar-refractivity contribution in [2.75, 3.05) is 0 Å². The smallest absolute Gasteiger partial charge is 0.259 e. The van der Waals surface area contributed by atoms with Crippen LogP contribution in [0.1, 0.15) is 37.2 Å². The van der Waals surface area contributed by atoms with E-state index in [-0.39, 0.29) is 12.4 Å². The molecule has 1 fully saturated rings. The Morgan fingerprint density at radius 2 is 1.92 bits per heavy atom. The molecule has 7 heteroatoms. The van der Waals surface area contributed by atoms with Gasteiger partial charge in [-0.1, -0.05) is 18.0 Å². The second-order valence-electron chi connectivity index (χ2n) is 6.09. The van der Waals surface area contributed by atoms with Gasteiger partial charge in [-0.2, -0.15) is 4.98 Å². The van der Waals surface area contributed by atoms with E-state index < -0.39 is 5.54 Å². The van der Waals surface area contributed by atoms with E-state index >= 15 is 0 Å². The van der Waals surface area contributed by atoms with E-state index in [0.29, 0.717) is 11.7 Å². The van der Waals surface area contributed by atoms with E-state index in [4.69, 9.17) is 14.7 Å². The molecule has 3 aromatic heterocycles. The number of hydrogen-bond acceptors (Lipinski definition) is 6.